The van der Waals surface area contributed by atoms with Crippen LogP contribution in [0.5, 0.6) is 5.75 Å². The molecule has 0 aliphatic carbocycles. The van der Waals surface area contributed by atoms with Crippen LogP contribution in [0.4, 0.5) is 5.82 Å². The minimum absolute atomic E-state index is 0.586. The van der Waals surface area contributed by atoms with Gasteiger partial charge in [0.15, 0.2) is 5.65 Å². The van der Waals surface area contributed by atoms with Gasteiger partial charge in [0.2, 0.25) is 0 Å². The summed E-state index contributed by atoms with van der Waals surface area (Å²) >= 11 is 1.70. The molecule has 3 aromatic heterocycles. The number of anilines is 1. The summed E-state index contributed by atoms with van der Waals surface area (Å²) in [5, 5.41) is 7.79. The van der Waals surface area contributed by atoms with Crippen LogP contribution in [0.1, 0.15) is 0 Å². The second-order valence-electron chi connectivity index (χ2n) is 6.22. The topological polar surface area (TPSA) is 65.4 Å². The van der Waals surface area contributed by atoms with Crippen molar-refractivity contribution < 1.29 is 4.74 Å². The second kappa shape index (κ2) is 6.10. The van der Waals surface area contributed by atoms with Crippen LogP contribution in [-0.2, 0) is 0 Å². The van der Waals surface area contributed by atoms with E-state index in [9.17, 15) is 0 Å². The van der Waals surface area contributed by atoms with Crippen molar-refractivity contribution in [2.24, 2.45) is 0 Å². The fourth-order valence-electron chi connectivity index (χ4n) is 3.32. The Bertz CT molecular complexity index is 1270. The van der Waals surface area contributed by atoms with Crippen LogP contribution in [0.3, 0.4) is 0 Å². The normalized spacial score (nSPS) is 11.3. The first-order chi connectivity index (χ1) is 13.3. The van der Waals surface area contributed by atoms with Crippen LogP contribution >= 0.6 is 11.3 Å². The van der Waals surface area contributed by atoms with Crippen LogP contribution in [0.2, 0.25) is 0 Å². The zero-order chi connectivity index (χ0) is 18.4. The number of hydrogen-bond acceptors (Lipinski definition) is 5. The van der Waals surface area contributed by atoms with Crippen LogP contribution in [0.15, 0.2) is 66.3 Å². The number of nitrogens with two attached hydrogens (primary N) is 1. The monoisotopic (exact) mass is 372 g/mol. The van der Waals surface area contributed by atoms with E-state index in [-0.39, 0.29) is 0 Å². The third-order valence-corrected chi connectivity index (χ3v) is 5.70. The van der Waals surface area contributed by atoms with Gasteiger partial charge in [0.05, 0.1) is 13.3 Å². The van der Waals surface area contributed by atoms with Gasteiger partial charge in [0, 0.05) is 33.0 Å². The van der Waals surface area contributed by atoms with E-state index in [1.807, 2.05) is 42.6 Å². The van der Waals surface area contributed by atoms with Crippen molar-refractivity contribution >= 4 is 32.9 Å². The summed E-state index contributed by atoms with van der Waals surface area (Å²) in [6.45, 7) is 0. The van der Waals surface area contributed by atoms with E-state index in [4.69, 9.17) is 10.5 Å². The molecule has 0 radical (unpaired) electrons. The number of aromatic nitrogens is 3. The van der Waals surface area contributed by atoms with E-state index in [0.717, 1.165) is 33.7 Å². The molecule has 0 saturated heterocycles. The number of nitrogens with zero attached hydrogens (tertiary/aromatic N) is 3. The number of ether oxygens (including phenoxy) is 1. The Hall–Kier alpha value is -3.38. The number of methoxy groups -OCH3 is 1. The Morgan fingerprint density at radius 3 is 2.59 bits per heavy atom. The quantitative estimate of drug-likeness (QED) is 0.491. The van der Waals surface area contributed by atoms with Gasteiger partial charge < -0.3 is 10.5 Å². The summed E-state index contributed by atoms with van der Waals surface area (Å²) in [6, 6.07) is 16.1. The van der Waals surface area contributed by atoms with Gasteiger partial charge in [0.1, 0.15) is 11.6 Å². The molecule has 5 rings (SSSR count). The van der Waals surface area contributed by atoms with E-state index < -0.39 is 0 Å². The van der Waals surface area contributed by atoms with Crippen molar-refractivity contribution in [1.29, 1.82) is 0 Å². The lowest BCUT2D eigenvalue weighted by Gasteiger charge is -2.07. The van der Waals surface area contributed by atoms with Gasteiger partial charge in [0.25, 0.3) is 0 Å². The van der Waals surface area contributed by atoms with E-state index in [1.165, 1.54) is 10.1 Å². The molecule has 3 heterocycles. The molecule has 2 aromatic carbocycles. The third-order valence-electron chi connectivity index (χ3n) is 4.74. The maximum Gasteiger partial charge on any atom is 0.165 e. The molecule has 5 aromatic rings. The van der Waals surface area contributed by atoms with Crippen molar-refractivity contribution in [3.63, 3.8) is 0 Å². The Balaban J connectivity index is 1.66. The lowest BCUT2D eigenvalue weighted by Crippen LogP contribution is -2.02. The zero-order valence-corrected chi connectivity index (χ0v) is 15.4. The maximum absolute atomic E-state index is 6.48. The Morgan fingerprint density at radius 1 is 0.963 bits per heavy atom. The SMILES string of the molecule is COc1ccc(-c2cnn3c(N)c(-c4csc5ccccc45)cnc23)cc1. The van der Waals surface area contributed by atoms with Crippen LogP contribution in [-0.4, -0.2) is 21.7 Å². The Morgan fingerprint density at radius 2 is 1.78 bits per heavy atom. The molecule has 0 spiro atoms. The van der Waals surface area contributed by atoms with Crippen molar-refractivity contribution in [1.82, 2.24) is 14.6 Å². The molecular weight excluding hydrogens is 356 g/mol. The minimum Gasteiger partial charge on any atom is -0.497 e. The highest BCUT2D eigenvalue weighted by Gasteiger charge is 2.16. The van der Waals surface area contributed by atoms with Gasteiger partial charge in [-0.25, -0.2) is 4.98 Å². The van der Waals surface area contributed by atoms with Gasteiger partial charge in [-0.05, 0) is 29.1 Å². The van der Waals surface area contributed by atoms with Gasteiger partial charge in [-0.1, -0.05) is 30.3 Å². The molecule has 0 saturated carbocycles. The lowest BCUT2D eigenvalue weighted by atomic mass is 10.1. The highest BCUT2D eigenvalue weighted by atomic mass is 32.1. The van der Waals surface area contributed by atoms with Crippen molar-refractivity contribution in [3.05, 3.63) is 66.3 Å². The second-order valence-corrected chi connectivity index (χ2v) is 7.14. The summed E-state index contributed by atoms with van der Waals surface area (Å²) in [7, 11) is 1.66. The summed E-state index contributed by atoms with van der Waals surface area (Å²) < 4.78 is 8.17. The molecule has 0 bridgehead atoms. The molecule has 0 aliphatic rings. The molecule has 6 heteroatoms. The fraction of sp³-hybridized carbons (Fsp3) is 0.0476. The fourth-order valence-corrected chi connectivity index (χ4v) is 4.28. The summed E-state index contributed by atoms with van der Waals surface area (Å²) in [4.78, 5) is 4.68. The maximum atomic E-state index is 6.48. The molecule has 0 unspecified atom stereocenters. The molecule has 27 heavy (non-hydrogen) atoms. The highest BCUT2D eigenvalue weighted by Crippen LogP contribution is 2.37. The number of thiophene rings is 1. The number of fused-ring (bicyclic) bond motifs is 2. The highest BCUT2D eigenvalue weighted by molar-refractivity contribution is 7.17. The van der Waals surface area contributed by atoms with Crippen molar-refractivity contribution in [3.8, 4) is 28.0 Å². The molecule has 0 amide bonds. The van der Waals surface area contributed by atoms with Gasteiger partial charge >= 0.3 is 0 Å². The lowest BCUT2D eigenvalue weighted by molar-refractivity contribution is 0.415. The van der Waals surface area contributed by atoms with Crippen LogP contribution < -0.4 is 10.5 Å². The summed E-state index contributed by atoms with van der Waals surface area (Å²) in [5.74, 6) is 1.40. The largest absolute Gasteiger partial charge is 0.497 e. The van der Waals surface area contributed by atoms with E-state index >= 15 is 0 Å². The zero-order valence-electron chi connectivity index (χ0n) is 14.6. The predicted octanol–water partition coefficient (Wildman–Crippen LogP) is 4.87. The predicted molar refractivity (Wildman–Crippen MR) is 110 cm³/mol. The third kappa shape index (κ3) is 2.45. The molecule has 132 valence electrons. The smallest absolute Gasteiger partial charge is 0.165 e. The summed E-state index contributed by atoms with van der Waals surface area (Å²) in [5.41, 5.74) is 11.2. The molecule has 5 nitrogen and oxygen atoms in total. The molecular formula is C21H16N4OS. The average Bonchev–Trinajstić information content (AvgIpc) is 3.33. The average molecular weight is 372 g/mol. The van der Waals surface area contributed by atoms with E-state index in [1.54, 1.807) is 29.2 Å². The molecule has 0 aliphatic heterocycles. The Kier molecular flexibility index (Phi) is 3.58. The number of hydrogen-bond donors (Lipinski definition) is 1. The molecule has 0 fully saturated rings. The minimum atomic E-state index is 0.586. The first kappa shape index (κ1) is 15.8. The number of nitrogen functional groups attached to an aromatic ring is 1. The number of rotatable bonds is 3. The first-order valence-corrected chi connectivity index (χ1v) is 9.37. The van der Waals surface area contributed by atoms with Crippen molar-refractivity contribution in [2.45, 2.75) is 0 Å². The number of benzene rings is 2. The van der Waals surface area contributed by atoms with E-state index in [2.05, 4.69) is 27.6 Å². The molecule has 2 N–H and O–H groups in total. The summed E-state index contributed by atoms with van der Waals surface area (Å²) in [6.07, 6.45) is 3.64. The molecule has 0 atom stereocenters. The van der Waals surface area contributed by atoms with Crippen LogP contribution in [0.25, 0.3) is 38.0 Å². The van der Waals surface area contributed by atoms with Crippen LogP contribution in [0, 0.1) is 0 Å². The van der Waals surface area contributed by atoms with Crippen molar-refractivity contribution in [2.75, 3.05) is 12.8 Å². The van der Waals surface area contributed by atoms with Gasteiger partial charge in [-0.3, -0.25) is 0 Å². The van der Waals surface area contributed by atoms with Gasteiger partial charge in [-0.15, -0.1) is 11.3 Å². The Labute approximate surface area is 159 Å². The standard InChI is InChI=1S/C21H16N4OS/c1-26-14-8-6-13(7-9-14)16-11-24-25-20(22)17(10-23-21(16)25)18-12-27-19-5-3-2-4-15(18)19/h2-12H,22H2,1H3. The van der Waals surface area contributed by atoms with Gasteiger partial charge in [-0.2, -0.15) is 9.61 Å². The van der Waals surface area contributed by atoms with E-state index in [0.29, 0.717) is 5.82 Å². The first-order valence-electron chi connectivity index (χ1n) is 8.49.